The number of halogens is 1. The minimum absolute atomic E-state index is 0.182. The highest BCUT2D eigenvalue weighted by atomic mass is 19.1. The maximum absolute atomic E-state index is 14.2. The topological polar surface area (TPSA) is 20.2 Å². The lowest BCUT2D eigenvalue weighted by atomic mass is 9.65. The van der Waals surface area contributed by atoms with Gasteiger partial charge in [0, 0.05) is 0 Å². The molecular weight excluding hydrogens is 167 g/mol. The molecule has 1 nitrogen and oxygen atoms in total. The zero-order valence-electron chi connectivity index (χ0n) is 7.88. The first kappa shape index (κ1) is 8.22. The second-order valence-electron chi connectivity index (χ2n) is 5.45. The van der Waals surface area contributed by atoms with Crippen molar-refractivity contribution in [1.29, 1.82) is 0 Å². The molecule has 0 radical (unpaired) electrons. The van der Waals surface area contributed by atoms with Crippen LogP contribution < -0.4 is 0 Å². The predicted molar refractivity (Wildman–Crippen MR) is 48.0 cm³/mol. The van der Waals surface area contributed by atoms with E-state index in [2.05, 4.69) is 0 Å². The number of alkyl halides is 1. The van der Waals surface area contributed by atoms with E-state index in [1.807, 2.05) is 0 Å². The normalized spacial score (nSPS) is 59.5. The number of hydrogen-bond donors (Lipinski definition) is 1. The SMILES string of the molecule is OC1[C@@H]2CC3CCC(F)(C2)C[C@@H]1C3. The highest BCUT2D eigenvalue weighted by molar-refractivity contribution is 5.02. The zero-order chi connectivity index (χ0) is 9.05. The second kappa shape index (κ2) is 2.47. The van der Waals surface area contributed by atoms with Crippen LogP contribution >= 0.6 is 0 Å². The number of rotatable bonds is 0. The minimum atomic E-state index is -0.903. The van der Waals surface area contributed by atoms with E-state index >= 15 is 0 Å². The van der Waals surface area contributed by atoms with Crippen LogP contribution in [0.3, 0.4) is 0 Å². The van der Waals surface area contributed by atoms with Gasteiger partial charge in [0.15, 0.2) is 0 Å². The maximum Gasteiger partial charge on any atom is 0.111 e. The van der Waals surface area contributed by atoms with Crippen LogP contribution in [0.5, 0.6) is 0 Å². The van der Waals surface area contributed by atoms with Crippen molar-refractivity contribution < 1.29 is 9.50 Å². The summed E-state index contributed by atoms with van der Waals surface area (Å²) in [4.78, 5) is 0. The third-order valence-corrected chi connectivity index (χ3v) is 4.49. The molecule has 5 atom stereocenters. The Morgan fingerprint density at radius 3 is 2.38 bits per heavy atom. The van der Waals surface area contributed by atoms with E-state index < -0.39 is 5.67 Å². The molecule has 1 N–H and O–H groups in total. The predicted octanol–water partition coefficient (Wildman–Crippen LogP) is 2.29. The first-order valence-electron chi connectivity index (χ1n) is 5.53. The summed E-state index contributed by atoms with van der Waals surface area (Å²) in [6.07, 6.45) is 5.10. The third-order valence-electron chi connectivity index (χ3n) is 4.49. The zero-order valence-corrected chi connectivity index (χ0v) is 7.88. The Morgan fingerprint density at radius 2 is 1.77 bits per heavy atom. The molecule has 2 heteroatoms. The fraction of sp³-hybridized carbons (Fsp3) is 1.00. The molecule has 4 bridgehead atoms. The highest BCUT2D eigenvalue weighted by Gasteiger charge is 2.52. The van der Waals surface area contributed by atoms with Gasteiger partial charge in [-0.25, -0.2) is 4.39 Å². The Bertz CT molecular complexity index is 212. The lowest BCUT2D eigenvalue weighted by Gasteiger charge is -2.45. The molecule has 4 rings (SSSR count). The molecule has 0 aromatic heterocycles. The third kappa shape index (κ3) is 1.14. The fourth-order valence-corrected chi connectivity index (χ4v) is 3.95. The van der Waals surface area contributed by atoms with Gasteiger partial charge in [-0.3, -0.25) is 0 Å². The van der Waals surface area contributed by atoms with Crippen molar-refractivity contribution in [3.8, 4) is 0 Å². The van der Waals surface area contributed by atoms with Gasteiger partial charge in [0.25, 0.3) is 0 Å². The Kier molecular flexibility index (Phi) is 1.56. The lowest BCUT2D eigenvalue weighted by molar-refractivity contribution is -0.0742. The van der Waals surface area contributed by atoms with Gasteiger partial charge in [0.1, 0.15) is 5.67 Å². The molecule has 0 amide bonds. The fourth-order valence-electron chi connectivity index (χ4n) is 3.95. The van der Waals surface area contributed by atoms with Crippen molar-refractivity contribution in [3.63, 3.8) is 0 Å². The molecule has 4 saturated carbocycles. The van der Waals surface area contributed by atoms with Crippen molar-refractivity contribution in [2.75, 3.05) is 0 Å². The Labute approximate surface area is 78.3 Å². The molecule has 74 valence electrons. The molecule has 0 saturated heterocycles. The first-order valence-corrected chi connectivity index (χ1v) is 5.53. The summed E-state index contributed by atoms with van der Waals surface area (Å²) in [5.74, 6) is 1.29. The number of aliphatic hydroxyl groups excluding tert-OH is 1. The molecule has 3 unspecified atom stereocenters. The largest absolute Gasteiger partial charge is 0.393 e. The summed E-state index contributed by atoms with van der Waals surface area (Å²) in [6, 6.07) is 0. The smallest absolute Gasteiger partial charge is 0.111 e. The van der Waals surface area contributed by atoms with Gasteiger partial charge in [-0.1, -0.05) is 0 Å². The van der Waals surface area contributed by atoms with Gasteiger partial charge < -0.3 is 5.11 Å². The lowest BCUT2D eigenvalue weighted by Crippen LogP contribution is -2.46. The van der Waals surface area contributed by atoms with Crippen LogP contribution in [0.2, 0.25) is 0 Å². The van der Waals surface area contributed by atoms with Crippen molar-refractivity contribution in [3.05, 3.63) is 0 Å². The van der Waals surface area contributed by atoms with Crippen molar-refractivity contribution >= 4 is 0 Å². The molecule has 0 aromatic carbocycles. The van der Waals surface area contributed by atoms with Crippen LogP contribution in [-0.2, 0) is 0 Å². The summed E-state index contributed by atoms with van der Waals surface area (Å²) >= 11 is 0. The van der Waals surface area contributed by atoms with E-state index in [0.29, 0.717) is 12.8 Å². The van der Waals surface area contributed by atoms with Gasteiger partial charge in [-0.2, -0.15) is 0 Å². The molecule has 13 heavy (non-hydrogen) atoms. The Morgan fingerprint density at radius 1 is 1.15 bits per heavy atom. The van der Waals surface area contributed by atoms with Crippen LogP contribution in [0.25, 0.3) is 0 Å². The van der Waals surface area contributed by atoms with Gasteiger partial charge in [-0.05, 0) is 56.3 Å². The van der Waals surface area contributed by atoms with E-state index in [1.54, 1.807) is 0 Å². The molecule has 0 heterocycles. The molecule has 4 aliphatic rings. The standard InChI is InChI=1S/C11H17FO/c12-11-2-1-7-3-8(5-11)10(13)9(4-7)6-11/h7-10,13H,1-6H2/t7?,8-,9+,10?,11?. The number of fused-ring (bicyclic) bond motifs is 1. The number of aliphatic hydroxyl groups is 1. The minimum Gasteiger partial charge on any atom is -0.393 e. The van der Waals surface area contributed by atoms with Crippen molar-refractivity contribution in [2.24, 2.45) is 17.8 Å². The summed E-state index contributed by atoms with van der Waals surface area (Å²) in [5, 5.41) is 9.90. The van der Waals surface area contributed by atoms with Gasteiger partial charge in [-0.15, -0.1) is 0 Å². The van der Waals surface area contributed by atoms with Crippen LogP contribution in [0, 0.1) is 17.8 Å². The Balaban J connectivity index is 1.96. The van der Waals surface area contributed by atoms with Gasteiger partial charge in [0.2, 0.25) is 0 Å². The maximum atomic E-state index is 14.2. The van der Waals surface area contributed by atoms with E-state index in [4.69, 9.17) is 0 Å². The van der Waals surface area contributed by atoms with Crippen LogP contribution in [-0.4, -0.2) is 16.9 Å². The summed E-state index contributed by atoms with van der Waals surface area (Å²) in [5.41, 5.74) is -0.903. The molecule has 0 aliphatic heterocycles. The van der Waals surface area contributed by atoms with Crippen molar-refractivity contribution in [1.82, 2.24) is 0 Å². The molecule has 0 aromatic rings. The molecule has 4 aliphatic carbocycles. The molecule has 4 fully saturated rings. The van der Waals surface area contributed by atoms with Gasteiger partial charge >= 0.3 is 0 Å². The Hall–Kier alpha value is -0.110. The quantitative estimate of drug-likeness (QED) is 0.612. The molecular formula is C11H17FO. The van der Waals surface area contributed by atoms with Crippen LogP contribution in [0.1, 0.15) is 38.5 Å². The summed E-state index contributed by atoms with van der Waals surface area (Å²) in [6.45, 7) is 0. The van der Waals surface area contributed by atoms with Gasteiger partial charge in [0.05, 0.1) is 6.10 Å². The monoisotopic (exact) mass is 184 g/mol. The van der Waals surface area contributed by atoms with E-state index in [0.717, 1.165) is 31.6 Å². The number of hydrogen-bond acceptors (Lipinski definition) is 1. The highest BCUT2D eigenvalue weighted by Crippen LogP contribution is 2.54. The molecule has 0 spiro atoms. The average Bonchev–Trinajstić information content (AvgIpc) is 2.26. The van der Waals surface area contributed by atoms with E-state index in [9.17, 15) is 9.50 Å². The average molecular weight is 184 g/mol. The van der Waals surface area contributed by atoms with Crippen LogP contribution in [0.15, 0.2) is 0 Å². The van der Waals surface area contributed by atoms with E-state index in [1.165, 1.54) is 0 Å². The van der Waals surface area contributed by atoms with Crippen LogP contribution in [0.4, 0.5) is 4.39 Å². The summed E-state index contributed by atoms with van der Waals surface area (Å²) in [7, 11) is 0. The summed E-state index contributed by atoms with van der Waals surface area (Å²) < 4.78 is 14.2. The van der Waals surface area contributed by atoms with Crippen molar-refractivity contribution in [2.45, 2.75) is 50.3 Å². The van der Waals surface area contributed by atoms with E-state index in [-0.39, 0.29) is 17.9 Å². The second-order valence-corrected chi connectivity index (χ2v) is 5.45. The first-order chi connectivity index (χ1) is 6.16.